The van der Waals surface area contributed by atoms with E-state index in [-0.39, 0.29) is 29.5 Å². The maximum atomic E-state index is 11.7. The molecule has 0 bridgehead atoms. The topological polar surface area (TPSA) is 43.4 Å². The first kappa shape index (κ1) is 10.4. The van der Waals surface area contributed by atoms with Crippen LogP contribution in [0.5, 0.6) is 0 Å². The molecule has 0 amide bonds. The van der Waals surface area contributed by atoms with Gasteiger partial charge in [0, 0.05) is 12.3 Å². The first-order valence-electron chi connectivity index (χ1n) is 5.37. The highest BCUT2D eigenvalue weighted by Gasteiger charge is 2.52. The Labute approximate surface area is 89.5 Å². The van der Waals surface area contributed by atoms with Crippen molar-refractivity contribution in [2.45, 2.75) is 19.8 Å². The van der Waals surface area contributed by atoms with Crippen LogP contribution in [0.3, 0.4) is 0 Å². The molecule has 0 aromatic rings. The minimum Gasteiger partial charge on any atom is -0.469 e. The zero-order valence-corrected chi connectivity index (χ0v) is 9.16. The predicted octanol–water partition coefficient (Wildman–Crippen LogP) is 1.58. The van der Waals surface area contributed by atoms with Crippen LogP contribution in [0.25, 0.3) is 0 Å². The molecule has 0 radical (unpaired) electrons. The van der Waals surface area contributed by atoms with E-state index in [9.17, 15) is 9.59 Å². The second-order valence-corrected chi connectivity index (χ2v) is 4.58. The molecule has 0 spiro atoms. The standard InChI is InChI=1S/C12H16O3/c1-6-8-4-5-9(13)11(8)7(2)10(6)12(14)15-3/h6,8,10-11H,2,4-5H2,1,3H3/t6-,8+,10?,11-/m1/s1. The van der Waals surface area contributed by atoms with Crippen molar-refractivity contribution in [1.29, 1.82) is 0 Å². The Kier molecular flexibility index (Phi) is 2.41. The van der Waals surface area contributed by atoms with E-state index in [1.165, 1.54) is 7.11 Å². The lowest BCUT2D eigenvalue weighted by Crippen LogP contribution is -2.22. The normalized spacial score (nSPS) is 39.3. The highest BCUT2D eigenvalue weighted by atomic mass is 16.5. The lowest BCUT2D eigenvalue weighted by Gasteiger charge is -2.16. The third-order valence-electron chi connectivity index (χ3n) is 3.95. The number of hydrogen-bond donors (Lipinski definition) is 0. The number of Topliss-reactive ketones (excluding diaryl/α,β-unsaturated/α-hetero) is 1. The van der Waals surface area contributed by atoms with Crippen molar-refractivity contribution in [2.75, 3.05) is 7.11 Å². The van der Waals surface area contributed by atoms with Crippen molar-refractivity contribution in [1.82, 2.24) is 0 Å². The molecule has 2 aliphatic carbocycles. The van der Waals surface area contributed by atoms with Gasteiger partial charge in [0.15, 0.2) is 0 Å². The Morgan fingerprint density at radius 3 is 2.73 bits per heavy atom. The summed E-state index contributed by atoms with van der Waals surface area (Å²) in [7, 11) is 1.39. The summed E-state index contributed by atoms with van der Waals surface area (Å²) in [4.78, 5) is 23.2. The van der Waals surface area contributed by atoms with Gasteiger partial charge in [-0.2, -0.15) is 0 Å². The molecule has 2 saturated carbocycles. The molecule has 3 heteroatoms. The van der Waals surface area contributed by atoms with Crippen LogP contribution >= 0.6 is 0 Å². The molecule has 2 fully saturated rings. The molecule has 0 aromatic heterocycles. The highest BCUT2D eigenvalue weighted by Crippen LogP contribution is 2.51. The fraction of sp³-hybridized carbons (Fsp3) is 0.667. The van der Waals surface area contributed by atoms with Crippen LogP contribution in [-0.2, 0) is 14.3 Å². The lowest BCUT2D eigenvalue weighted by atomic mass is 9.89. The van der Waals surface area contributed by atoms with Gasteiger partial charge in [0.1, 0.15) is 5.78 Å². The van der Waals surface area contributed by atoms with Gasteiger partial charge in [-0.25, -0.2) is 0 Å². The van der Waals surface area contributed by atoms with Gasteiger partial charge in [-0.1, -0.05) is 19.1 Å². The average Bonchev–Trinajstić information content (AvgIpc) is 2.69. The van der Waals surface area contributed by atoms with Crippen LogP contribution < -0.4 is 0 Å². The summed E-state index contributed by atoms with van der Waals surface area (Å²) < 4.78 is 4.76. The van der Waals surface area contributed by atoms with Crippen LogP contribution in [0.2, 0.25) is 0 Å². The van der Waals surface area contributed by atoms with Gasteiger partial charge in [-0.05, 0) is 18.3 Å². The van der Waals surface area contributed by atoms with Crippen molar-refractivity contribution < 1.29 is 14.3 Å². The second-order valence-electron chi connectivity index (χ2n) is 4.58. The molecule has 0 heterocycles. The predicted molar refractivity (Wildman–Crippen MR) is 55.0 cm³/mol. The maximum Gasteiger partial charge on any atom is 0.313 e. The summed E-state index contributed by atoms with van der Waals surface area (Å²) in [5.41, 5.74) is 0.779. The van der Waals surface area contributed by atoms with E-state index < -0.39 is 0 Å². The number of ether oxygens (including phenoxy) is 1. The summed E-state index contributed by atoms with van der Waals surface area (Å²) in [6.07, 6.45) is 1.55. The van der Waals surface area contributed by atoms with E-state index in [1.54, 1.807) is 0 Å². The molecule has 0 aromatic carbocycles. The summed E-state index contributed by atoms with van der Waals surface area (Å²) in [5.74, 6) is 0.173. The van der Waals surface area contributed by atoms with Crippen molar-refractivity contribution in [3.63, 3.8) is 0 Å². The smallest absolute Gasteiger partial charge is 0.313 e. The first-order valence-corrected chi connectivity index (χ1v) is 5.37. The number of carbonyl (C=O) groups excluding carboxylic acids is 2. The number of hydrogen-bond acceptors (Lipinski definition) is 3. The first-order chi connectivity index (χ1) is 7.07. The van der Waals surface area contributed by atoms with Gasteiger partial charge in [-0.3, -0.25) is 9.59 Å². The highest BCUT2D eigenvalue weighted by molar-refractivity contribution is 5.90. The Morgan fingerprint density at radius 1 is 1.53 bits per heavy atom. The summed E-state index contributed by atoms with van der Waals surface area (Å²) in [6, 6.07) is 0. The Hall–Kier alpha value is -1.12. The number of ketones is 1. The van der Waals surface area contributed by atoms with Crippen molar-refractivity contribution in [3.05, 3.63) is 12.2 Å². The largest absolute Gasteiger partial charge is 0.469 e. The third kappa shape index (κ3) is 1.33. The van der Waals surface area contributed by atoms with E-state index in [0.29, 0.717) is 12.3 Å². The monoisotopic (exact) mass is 208 g/mol. The molecule has 4 atom stereocenters. The zero-order valence-electron chi connectivity index (χ0n) is 9.16. The van der Waals surface area contributed by atoms with E-state index in [2.05, 4.69) is 6.58 Å². The van der Waals surface area contributed by atoms with Crippen LogP contribution in [0.15, 0.2) is 12.2 Å². The van der Waals surface area contributed by atoms with Gasteiger partial charge in [-0.15, -0.1) is 0 Å². The molecule has 1 unspecified atom stereocenters. The van der Waals surface area contributed by atoms with Crippen LogP contribution in [0.1, 0.15) is 19.8 Å². The second kappa shape index (κ2) is 3.47. The molecule has 0 saturated heterocycles. The molecule has 2 rings (SSSR count). The number of esters is 1. The van der Waals surface area contributed by atoms with Gasteiger partial charge in [0.25, 0.3) is 0 Å². The lowest BCUT2D eigenvalue weighted by molar-refractivity contribution is -0.145. The molecule has 15 heavy (non-hydrogen) atoms. The van der Waals surface area contributed by atoms with Crippen molar-refractivity contribution >= 4 is 11.8 Å². The Morgan fingerprint density at radius 2 is 2.20 bits per heavy atom. The van der Waals surface area contributed by atoms with E-state index in [1.807, 2.05) is 6.92 Å². The third-order valence-corrected chi connectivity index (χ3v) is 3.95. The SMILES string of the molecule is C=C1C(C(=O)OC)[C@H](C)[C@@H]2CCC(=O)[C@H]12. The fourth-order valence-electron chi connectivity index (χ4n) is 3.19. The number of carbonyl (C=O) groups is 2. The van der Waals surface area contributed by atoms with E-state index >= 15 is 0 Å². The van der Waals surface area contributed by atoms with Crippen LogP contribution in [0, 0.1) is 23.7 Å². The minimum absolute atomic E-state index is 0.0795. The molecular formula is C12H16O3. The summed E-state index contributed by atoms with van der Waals surface area (Å²) in [5, 5.41) is 0. The van der Waals surface area contributed by atoms with Crippen LogP contribution in [0.4, 0.5) is 0 Å². The van der Waals surface area contributed by atoms with Gasteiger partial charge < -0.3 is 4.74 Å². The van der Waals surface area contributed by atoms with Crippen molar-refractivity contribution in [3.8, 4) is 0 Å². The molecule has 2 aliphatic rings. The maximum absolute atomic E-state index is 11.7. The van der Waals surface area contributed by atoms with Gasteiger partial charge in [0.2, 0.25) is 0 Å². The number of methoxy groups -OCH3 is 1. The zero-order chi connectivity index (χ0) is 11.2. The Balaban J connectivity index is 2.28. The van der Waals surface area contributed by atoms with Gasteiger partial charge >= 0.3 is 5.97 Å². The molecule has 82 valence electrons. The number of fused-ring (bicyclic) bond motifs is 1. The van der Waals surface area contributed by atoms with Gasteiger partial charge in [0.05, 0.1) is 13.0 Å². The number of rotatable bonds is 1. The summed E-state index contributed by atoms with van der Waals surface area (Å²) >= 11 is 0. The quantitative estimate of drug-likeness (QED) is 0.485. The molecule has 0 aliphatic heterocycles. The molecular weight excluding hydrogens is 192 g/mol. The average molecular weight is 208 g/mol. The van der Waals surface area contributed by atoms with Crippen molar-refractivity contribution in [2.24, 2.45) is 23.7 Å². The summed E-state index contributed by atoms with van der Waals surface area (Å²) in [6.45, 7) is 5.95. The van der Waals surface area contributed by atoms with E-state index in [4.69, 9.17) is 4.74 Å². The molecule has 3 nitrogen and oxygen atoms in total. The fourth-order valence-corrected chi connectivity index (χ4v) is 3.19. The Bertz CT molecular complexity index is 332. The van der Waals surface area contributed by atoms with E-state index in [0.717, 1.165) is 12.0 Å². The minimum atomic E-state index is -0.269. The molecule has 0 N–H and O–H groups in total. The van der Waals surface area contributed by atoms with Crippen LogP contribution in [-0.4, -0.2) is 18.9 Å².